The van der Waals surface area contributed by atoms with E-state index in [-0.39, 0.29) is 0 Å². The van der Waals surface area contributed by atoms with E-state index >= 15 is 0 Å². The molecule has 1 aliphatic rings. The van der Waals surface area contributed by atoms with Crippen LogP contribution in [0, 0.1) is 0 Å². The van der Waals surface area contributed by atoms with E-state index in [9.17, 15) is 13.2 Å². The first kappa shape index (κ1) is 16.7. The third-order valence-corrected chi connectivity index (χ3v) is 4.91. The number of piperazine rings is 1. The Morgan fingerprint density at radius 3 is 2.13 bits per heavy atom. The Balaban J connectivity index is 1.67. The molecule has 0 saturated carbocycles. The first-order valence-corrected chi connectivity index (χ1v) is 8.39. The monoisotopic (exact) mass is 386 g/mol. The number of fused-ring (bicyclic) bond motifs is 1. The Bertz CT molecular complexity index is 679. The Hall–Kier alpha value is -1.11. The smallest absolute Gasteiger partial charge is 0.297 e. The molecule has 1 saturated heterocycles. The van der Waals surface area contributed by atoms with Crippen molar-refractivity contribution in [3.05, 3.63) is 46.4 Å². The molecule has 0 N–H and O–H groups in total. The van der Waals surface area contributed by atoms with E-state index in [4.69, 9.17) is 0 Å². The second-order valence-electron chi connectivity index (χ2n) is 5.92. The van der Waals surface area contributed by atoms with E-state index in [0.717, 1.165) is 11.0 Å². The van der Waals surface area contributed by atoms with Crippen molar-refractivity contribution in [3.8, 4) is 0 Å². The van der Waals surface area contributed by atoms with Crippen LogP contribution in [0.3, 0.4) is 0 Å². The van der Waals surface area contributed by atoms with Gasteiger partial charge >= 0.3 is 6.18 Å². The zero-order valence-electron chi connectivity index (χ0n) is 12.6. The maximum atomic E-state index is 12.4. The van der Waals surface area contributed by atoms with Crippen LogP contribution < -0.4 is 0 Å². The average Bonchev–Trinajstić information content (AvgIpc) is 2.51. The molecule has 0 spiro atoms. The summed E-state index contributed by atoms with van der Waals surface area (Å²) in [4.78, 5) is 3.71. The van der Waals surface area contributed by atoms with Crippen molar-refractivity contribution in [2.24, 2.45) is 0 Å². The van der Waals surface area contributed by atoms with Crippen LogP contribution in [0.4, 0.5) is 13.2 Å². The summed E-state index contributed by atoms with van der Waals surface area (Å²) in [6.45, 7) is 2.23. The maximum Gasteiger partial charge on any atom is 0.401 e. The molecule has 0 amide bonds. The van der Waals surface area contributed by atoms with Gasteiger partial charge in [-0.2, -0.15) is 13.2 Å². The molecule has 2 nitrogen and oxygen atoms in total. The molecule has 3 rings (SSSR count). The molecular formula is C17H18BrF3N2. The summed E-state index contributed by atoms with van der Waals surface area (Å²) in [7, 11) is 0. The highest BCUT2D eigenvalue weighted by Gasteiger charge is 2.32. The van der Waals surface area contributed by atoms with E-state index in [1.807, 2.05) is 18.2 Å². The van der Waals surface area contributed by atoms with Gasteiger partial charge in [0.25, 0.3) is 0 Å². The summed E-state index contributed by atoms with van der Waals surface area (Å²) in [6, 6.07) is 12.3. The molecule has 0 aromatic heterocycles. The zero-order valence-corrected chi connectivity index (χ0v) is 14.2. The highest BCUT2D eigenvalue weighted by molar-refractivity contribution is 9.10. The van der Waals surface area contributed by atoms with Crippen LogP contribution in [0.25, 0.3) is 10.8 Å². The maximum absolute atomic E-state index is 12.4. The molecule has 2 aromatic rings. The van der Waals surface area contributed by atoms with Gasteiger partial charge < -0.3 is 0 Å². The third kappa shape index (κ3) is 4.25. The highest BCUT2D eigenvalue weighted by Crippen LogP contribution is 2.28. The molecule has 124 valence electrons. The second kappa shape index (κ2) is 6.79. The van der Waals surface area contributed by atoms with Crippen LogP contribution in [-0.2, 0) is 6.54 Å². The molecule has 23 heavy (non-hydrogen) atoms. The highest BCUT2D eigenvalue weighted by atomic mass is 79.9. The Labute approximate surface area is 142 Å². The minimum atomic E-state index is -4.11. The van der Waals surface area contributed by atoms with E-state index in [1.54, 1.807) is 0 Å². The van der Waals surface area contributed by atoms with Gasteiger partial charge in [0.2, 0.25) is 0 Å². The lowest BCUT2D eigenvalue weighted by molar-refractivity contribution is -0.149. The third-order valence-electron chi connectivity index (χ3n) is 4.22. The fraction of sp³-hybridized carbons (Fsp3) is 0.412. The van der Waals surface area contributed by atoms with Gasteiger partial charge in [0.05, 0.1) is 6.54 Å². The van der Waals surface area contributed by atoms with Crippen molar-refractivity contribution in [3.63, 3.8) is 0 Å². The Kier molecular flexibility index (Phi) is 4.94. The Morgan fingerprint density at radius 2 is 1.48 bits per heavy atom. The Morgan fingerprint density at radius 1 is 0.870 bits per heavy atom. The molecule has 0 bridgehead atoms. The molecule has 1 heterocycles. The predicted octanol–water partition coefficient (Wildman–Crippen LogP) is 4.28. The molecule has 1 fully saturated rings. The molecule has 1 aliphatic heterocycles. The summed E-state index contributed by atoms with van der Waals surface area (Å²) < 4.78 is 38.4. The van der Waals surface area contributed by atoms with Crippen LogP contribution >= 0.6 is 15.9 Å². The number of halogens is 4. The van der Waals surface area contributed by atoms with Gasteiger partial charge in [-0.3, -0.25) is 9.80 Å². The van der Waals surface area contributed by atoms with Crippen LogP contribution in [0.15, 0.2) is 40.9 Å². The van der Waals surface area contributed by atoms with Gasteiger partial charge in [-0.05, 0) is 22.4 Å². The average molecular weight is 387 g/mol. The second-order valence-corrected chi connectivity index (χ2v) is 6.77. The molecule has 0 unspecified atom stereocenters. The minimum Gasteiger partial charge on any atom is -0.297 e. The number of alkyl halides is 3. The summed E-state index contributed by atoms with van der Waals surface area (Å²) in [5.74, 6) is 0. The lowest BCUT2D eigenvalue weighted by Crippen LogP contribution is -2.48. The van der Waals surface area contributed by atoms with Crippen molar-refractivity contribution in [1.82, 2.24) is 9.80 Å². The normalized spacial score (nSPS) is 17.7. The van der Waals surface area contributed by atoms with Crippen molar-refractivity contribution >= 4 is 26.7 Å². The van der Waals surface area contributed by atoms with Gasteiger partial charge in [-0.15, -0.1) is 0 Å². The first-order chi connectivity index (χ1) is 10.9. The van der Waals surface area contributed by atoms with Gasteiger partial charge in [0, 0.05) is 37.2 Å². The lowest BCUT2D eigenvalue weighted by Gasteiger charge is -2.35. The minimum absolute atomic E-state index is 0.466. The summed E-state index contributed by atoms with van der Waals surface area (Å²) >= 11 is 3.57. The molecule has 0 atom stereocenters. The SMILES string of the molecule is FC(F)(F)CN1CCN(Cc2ccc(Br)c3ccccc23)CC1. The fourth-order valence-electron chi connectivity index (χ4n) is 3.06. The predicted molar refractivity (Wildman–Crippen MR) is 89.4 cm³/mol. The van der Waals surface area contributed by atoms with Crippen LogP contribution in [-0.4, -0.2) is 48.7 Å². The molecule has 0 aliphatic carbocycles. The summed E-state index contributed by atoms with van der Waals surface area (Å²) in [6.07, 6.45) is -4.11. The van der Waals surface area contributed by atoms with Crippen molar-refractivity contribution in [2.45, 2.75) is 12.7 Å². The van der Waals surface area contributed by atoms with Gasteiger partial charge in [-0.1, -0.05) is 46.3 Å². The van der Waals surface area contributed by atoms with Crippen molar-refractivity contribution in [2.75, 3.05) is 32.7 Å². The van der Waals surface area contributed by atoms with E-state index in [2.05, 4.69) is 39.0 Å². The molecular weight excluding hydrogens is 369 g/mol. The number of hydrogen-bond acceptors (Lipinski definition) is 2. The summed E-state index contributed by atoms with van der Waals surface area (Å²) in [5.41, 5.74) is 1.22. The molecule has 0 radical (unpaired) electrons. The zero-order chi connectivity index (χ0) is 16.4. The molecule has 2 aromatic carbocycles. The number of benzene rings is 2. The number of rotatable bonds is 3. The van der Waals surface area contributed by atoms with Gasteiger partial charge in [0.15, 0.2) is 0 Å². The van der Waals surface area contributed by atoms with Gasteiger partial charge in [0.1, 0.15) is 0 Å². The fourth-order valence-corrected chi connectivity index (χ4v) is 3.54. The quantitative estimate of drug-likeness (QED) is 0.776. The van der Waals surface area contributed by atoms with Gasteiger partial charge in [-0.25, -0.2) is 0 Å². The standard InChI is InChI=1S/C17H18BrF3N2/c18-16-6-5-13(14-3-1-2-4-15(14)16)11-22-7-9-23(10-8-22)12-17(19,20)21/h1-6H,7-12H2. The van der Waals surface area contributed by atoms with Crippen LogP contribution in [0.2, 0.25) is 0 Å². The number of nitrogens with zero attached hydrogens (tertiary/aromatic N) is 2. The van der Waals surface area contributed by atoms with E-state index in [1.165, 1.54) is 21.2 Å². The summed E-state index contributed by atoms with van der Waals surface area (Å²) in [5, 5.41) is 2.36. The van der Waals surface area contributed by atoms with Crippen LogP contribution in [0.1, 0.15) is 5.56 Å². The van der Waals surface area contributed by atoms with Crippen molar-refractivity contribution in [1.29, 1.82) is 0 Å². The van der Waals surface area contributed by atoms with Crippen molar-refractivity contribution < 1.29 is 13.2 Å². The lowest BCUT2D eigenvalue weighted by atomic mass is 10.0. The topological polar surface area (TPSA) is 6.48 Å². The van der Waals surface area contributed by atoms with E-state index < -0.39 is 12.7 Å². The number of hydrogen-bond donors (Lipinski definition) is 0. The van der Waals surface area contributed by atoms with Crippen LogP contribution in [0.5, 0.6) is 0 Å². The van der Waals surface area contributed by atoms with E-state index in [0.29, 0.717) is 26.2 Å². The first-order valence-electron chi connectivity index (χ1n) is 7.60. The molecule has 6 heteroatoms. The largest absolute Gasteiger partial charge is 0.401 e.